The molecule has 1 aliphatic rings. The van der Waals surface area contributed by atoms with E-state index in [4.69, 9.17) is 12.2 Å². The highest BCUT2D eigenvalue weighted by Crippen LogP contribution is 2.02. The Kier molecular flexibility index (Phi) is 5.39. The van der Waals surface area contributed by atoms with Crippen LogP contribution in [0.1, 0.15) is 32.6 Å². The maximum absolute atomic E-state index is 11.4. The molecule has 0 aromatic heterocycles. The van der Waals surface area contributed by atoms with Crippen molar-refractivity contribution in [3.05, 3.63) is 0 Å². The third kappa shape index (κ3) is 4.46. The number of rotatable bonds is 4. The maximum atomic E-state index is 11.4. The van der Waals surface area contributed by atoms with E-state index in [9.17, 15) is 4.79 Å². The van der Waals surface area contributed by atoms with Gasteiger partial charge < -0.3 is 16.0 Å². The minimum absolute atomic E-state index is 0.0564. The lowest BCUT2D eigenvalue weighted by atomic mass is 10.1. The van der Waals surface area contributed by atoms with E-state index in [1.165, 1.54) is 0 Å². The van der Waals surface area contributed by atoms with Gasteiger partial charge in [-0.1, -0.05) is 13.3 Å². The molecular formula is C10H19N3OS. The lowest BCUT2D eigenvalue weighted by Gasteiger charge is -2.24. The standard InChI is InChI=1S/C10H19N3OS/c1-2-3-6-12-10(15)13-8-5-4-7-11-9(8)14/h8H,2-7H2,1H3,(H,11,14)(H2,12,13,15). The third-order valence-electron chi connectivity index (χ3n) is 2.41. The van der Waals surface area contributed by atoms with Gasteiger partial charge in [0.15, 0.2) is 5.11 Å². The van der Waals surface area contributed by atoms with Gasteiger partial charge in [-0.15, -0.1) is 0 Å². The number of carbonyl (C=O) groups excluding carboxylic acids is 1. The molecule has 1 aliphatic heterocycles. The van der Waals surface area contributed by atoms with Crippen molar-refractivity contribution < 1.29 is 4.79 Å². The molecule has 0 aromatic rings. The van der Waals surface area contributed by atoms with E-state index in [0.29, 0.717) is 5.11 Å². The molecule has 0 spiro atoms. The Hall–Kier alpha value is -0.840. The van der Waals surface area contributed by atoms with Crippen LogP contribution >= 0.6 is 12.2 Å². The van der Waals surface area contributed by atoms with E-state index in [2.05, 4.69) is 22.9 Å². The van der Waals surface area contributed by atoms with Gasteiger partial charge in [-0.2, -0.15) is 0 Å². The molecule has 15 heavy (non-hydrogen) atoms. The highest BCUT2D eigenvalue weighted by Gasteiger charge is 2.21. The van der Waals surface area contributed by atoms with Crippen LogP contribution in [-0.2, 0) is 4.79 Å². The summed E-state index contributed by atoms with van der Waals surface area (Å²) in [5.41, 5.74) is 0. The zero-order valence-corrected chi connectivity index (χ0v) is 9.95. The summed E-state index contributed by atoms with van der Waals surface area (Å²) in [6.07, 6.45) is 4.11. The number of hydrogen-bond donors (Lipinski definition) is 3. The Labute approximate surface area is 96.2 Å². The second-order valence-corrected chi connectivity index (χ2v) is 4.15. The fourth-order valence-electron chi connectivity index (χ4n) is 1.50. The van der Waals surface area contributed by atoms with Crippen LogP contribution in [0.2, 0.25) is 0 Å². The molecule has 4 nitrogen and oxygen atoms in total. The molecule has 0 aliphatic carbocycles. The monoisotopic (exact) mass is 229 g/mol. The van der Waals surface area contributed by atoms with Crippen LogP contribution in [0, 0.1) is 0 Å². The summed E-state index contributed by atoms with van der Waals surface area (Å²) in [6.45, 7) is 3.79. The molecule has 1 unspecified atom stereocenters. The van der Waals surface area contributed by atoms with Crippen molar-refractivity contribution in [3.63, 3.8) is 0 Å². The van der Waals surface area contributed by atoms with Crippen molar-refractivity contribution >= 4 is 23.2 Å². The number of piperidine rings is 1. The Balaban J connectivity index is 2.21. The molecule has 1 saturated heterocycles. The number of nitrogens with one attached hydrogen (secondary N) is 3. The maximum Gasteiger partial charge on any atom is 0.242 e. The topological polar surface area (TPSA) is 53.2 Å². The van der Waals surface area contributed by atoms with Gasteiger partial charge in [0, 0.05) is 13.1 Å². The first-order chi connectivity index (χ1) is 7.24. The van der Waals surface area contributed by atoms with Gasteiger partial charge in [0.1, 0.15) is 6.04 Å². The molecule has 86 valence electrons. The largest absolute Gasteiger partial charge is 0.363 e. The molecule has 1 rings (SSSR count). The average Bonchev–Trinajstić information content (AvgIpc) is 2.22. The van der Waals surface area contributed by atoms with Crippen LogP contribution in [-0.4, -0.2) is 30.2 Å². The number of amides is 1. The van der Waals surface area contributed by atoms with Gasteiger partial charge in [-0.3, -0.25) is 4.79 Å². The number of thiocarbonyl (C=S) groups is 1. The molecule has 1 atom stereocenters. The van der Waals surface area contributed by atoms with Crippen molar-refractivity contribution in [2.45, 2.75) is 38.6 Å². The first kappa shape index (κ1) is 12.2. The van der Waals surface area contributed by atoms with Crippen LogP contribution in [0.15, 0.2) is 0 Å². The second-order valence-electron chi connectivity index (χ2n) is 3.74. The van der Waals surface area contributed by atoms with E-state index in [-0.39, 0.29) is 11.9 Å². The molecule has 0 saturated carbocycles. The lowest BCUT2D eigenvalue weighted by Crippen LogP contribution is -2.52. The fraction of sp³-hybridized carbons (Fsp3) is 0.800. The van der Waals surface area contributed by atoms with E-state index in [1.807, 2.05) is 0 Å². The summed E-state index contributed by atoms with van der Waals surface area (Å²) in [5.74, 6) is 0.0564. The molecule has 1 amide bonds. The van der Waals surface area contributed by atoms with Crippen molar-refractivity contribution in [3.8, 4) is 0 Å². The number of unbranched alkanes of at least 4 members (excludes halogenated alkanes) is 1. The van der Waals surface area contributed by atoms with Gasteiger partial charge in [0.2, 0.25) is 5.91 Å². The van der Waals surface area contributed by atoms with Gasteiger partial charge in [-0.05, 0) is 31.5 Å². The Morgan fingerprint density at radius 2 is 2.47 bits per heavy atom. The summed E-state index contributed by atoms with van der Waals surface area (Å²) < 4.78 is 0. The molecule has 0 bridgehead atoms. The Morgan fingerprint density at radius 1 is 1.67 bits per heavy atom. The van der Waals surface area contributed by atoms with E-state index in [1.54, 1.807) is 0 Å². The predicted molar refractivity (Wildman–Crippen MR) is 64.7 cm³/mol. The van der Waals surface area contributed by atoms with Gasteiger partial charge in [0.05, 0.1) is 0 Å². The molecule has 0 radical (unpaired) electrons. The molecule has 5 heteroatoms. The van der Waals surface area contributed by atoms with Crippen LogP contribution in [0.4, 0.5) is 0 Å². The number of hydrogen-bond acceptors (Lipinski definition) is 2. The normalized spacial score (nSPS) is 20.6. The highest BCUT2D eigenvalue weighted by molar-refractivity contribution is 7.80. The lowest BCUT2D eigenvalue weighted by molar-refractivity contribution is -0.124. The van der Waals surface area contributed by atoms with Crippen molar-refractivity contribution in [1.82, 2.24) is 16.0 Å². The van der Waals surface area contributed by atoms with Crippen LogP contribution < -0.4 is 16.0 Å². The Morgan fingerprint density at radius 3 is 3.13 bits per heavy atom. The van der Waals surface area contributed by atoms with Crippen molar-refractivity contribution in [2.24, 2.45) is 0 Å². The average molecular weight is 229 g/mol. The quantitative estimate of drug-likeness (QED) is 0.486. The fourth-order valence-corrected chi connectivity index (χ4v) is 1.74. The summed E-state index contributed by atoms with van der Waals surface area (Å²) in [5, 5.41) is 9.53. The zero-order chi connectivity index (χ0) is 11.1. The van der Waals surface area contributed by atoms with Crippen LogP contribution in [0.5, 0.6) is 0 Å². The van der Waals surface area contributed by atoms with Crippen LogP contribution in [0.3, 0.4) is 0 Å². The number of carbonyl (C=O) groups is 1. The first-order valence-corrected chi connectivity index (χ1v) is 5.97. The van der Waals surface area contributed by atoms with E-state index < -0.39 is 0 Å². The molecule has 1 heterocycles. The smallest absolute Gasteiger partial charge is 0.242 e. The van der Waals surface area contributed by atoms with E-state index >= 15 is 0 Å². The summed E-state index contributed by atoms with van der Waals surface area (Å²) in [6, 6.07) is -0.152. The van der Waals surface area contributed by atoms with Crippen LogP contribution in [0.25, 0.3) is 0 Å². The first-order valence-electron chi connectivity index (χ1n) is 5.56. The molecule has 0 aromatic carbocycles. The van der Waals surface area contributed by atoms with Gasteiger partial charge in [0.25, 0.3) is 0 Å². The van der Waals surface area contributed by atoms with E-state index in [0.717, 1.165) is 38.8 Å². The third-order valence-corrected chi connectivity index (χ3v) is 2.67. The molecular weight excluding hydrogens is 210 g/mol. The van der Waals surface area contributed by atoms with Crippen molar-refractivity contribution in [1.29, 1.82) is 0 Å². The van der Waals surface area contributed by atoms with Gasteiger partial charge >= 0.3 is 0 Å². The van der Waals surface area contributed by atoms with Gasteiger partial charge in [-0.25, -0.2) is 0 Å². The zero-order valence-electron chi connectivity index (χ0n) is 9.14. The Bertz CT molecular complexity index is 233. The second kappa shape index (κ2) is 6.61. The summed E-state index contributed by atoms with van der Waals surface area (Å²) in [7, 11) is 0. The minimum atomic E-state index is -0.152. The minimum Gasteiger partial charge on any atom is -0.363 e. The SMILES string of the molecule is CCCCNC(=S)NC1CCCNC1=O. The predicted octanol–water partition coefficient (Wildman–Crippen LogP) is 0.529. The van der Waals surface area contributed by atoms with Crippen molar-refractivity contribution in [2.75, 3.05) is 13.1 Å². The highest BCUT2D eigenvalue weighted by atomic mass is 32.1. The summed E-state index contributed by atoms with van der Waals surface area (Å²) in [4.78, 5) is 11.4. The molecule has 1 fully saturated rings. The molecule has 3 N–H and O–H groups in total. The summed E-state index contributed by atoms with van der Waals surface area (Å²) >= 11 is 5.10.